The summed E-state index contributed by atoms with van der Waals surface area (Å²) >= 11 is 0. The molecule has 3 fully saturated rings. The molecule has 4 aliphatic heterocycles. The lowest BCUT2D eigenvalue weighted by atomic mass is 9.64. The standard InChI is InChI=1S/C30H37FN6O3/c1-18-5-7-30(26-21(18)3-4-24(33)22(26)11-32)10-25-23(16-40-30)27(36-12-19(13-36)15-38)35-28(34-25)39-17-29-6-2-8-37(29)14-20(31)9-29/h3-4,15,18-20,22,24H,2,5-10,12-14,16-17,33H2,1H3/t18-,20+,22?,24?,29-,30-/m0/s1. The molecular formula is C30H37FN6O3. The van der Waals surface area contributed by atoms with Crippen LogP contribution in [0, 0.1) is 29.1 Å². The number of aldehydes is 1. The molecule has 10 heteroatoms. The number of rotatable bonds is 5. The number of aromatic nitrogens is 2. The highest BCUT2D eigenvalue weighted by Crippen LogP contribution is 2.50. The molecule has 3 saturated heterocycles. The van der Waals surface area contributed by atoms with Crippen LogP contribution in [0.1, 0.15) is 50.3 Å². The third kappa shape index (κ3) is 4.00. The van der Waals surface area contributed by atoms with Crippen molar-refractivity contribution < 1.29 is 18.7 Å². The van der Waals surface area contributed by atoms with Crippen molar-refractivity contribution in [3.63, 3.8) is 0 Å². The lowest BCUT2D eigenvalue weighted by Crippen LogP contribution is -2.51. The van der Waals surface area contributed by atoms with E-state index >= 15 is 0 Å². The number of allylic oxidation sites excluding steroid dienone is 2. The summed E-state index contributed by atoms with van der Waals surface area (Å²) in [5.74, 6) is 0.606. The van der Waals surface area contributed by atoms with Gasteiger partial charge in [-0.05, 0) is 49.3 Å². The molecule has 0 aromatic carbocycles. The summed E-state index contributed by atoms with van der Waals surface area (Å²) in [4.78, 5) is 25.4. The predicted octanol–water partition coefficient (Wildman–Crippen LogP) is 2.64. The summed E-state index contributed by atoms with van der Waals surface area (Å²) in [6, 6.07) is 2.38. The van der Waals surface area contributed by atoms with Gasteiger partial charge in [0, 0.05) is 50.0 Å². The highest BCUT2D eigenvalue weighted by Gasteiger charge is 2.51. The van der Waals surface area contributed by atoms with Gasteiger partial charge in [0.05, 0.1) is 35.4 Å². The molecule has 1 aromatic heterocycles. The van der Waals surface area contributed by atoms with Gasteiger partial charge >= 0.3 is 6.01 Å². The van der Waals surface area contributed by atoms with Crippen molar-refractivity contribution in [1.29, 1.82) is 5.26 Å². The number of carbonyl (C=O) groups excluding carboxylic acids is 1. The van der Waals surface area contributed by atoms with Crippen molar-refractivity contribution in [2.75, 3.05) is 37.7 Å². The molecule has 1 aromatic rings. The van der Waals surface area contributed by atoms with Crippen molar-refractivity contribution in [1.82, 2.24) is 14.9 Å². The first-order chi connectivity index (χ1) is 19.3. The van der Waals surface area contributed by atoms with Crippen LogP contribution in [0.2, 0.25) is 0 Å². The minimum absolute atomic E-state index is 0.0174. The Balaban J connectivity index is 1.24. The minimum Gasteiger partial charge on any atom is -0.461 e. The van der Waals surface area contributed by atoms with E-state index in [1.54, 1.807) is 0 Å². The molecule has 6 atom stereocenters. The summed E-state index contributed by atoms with van der Waals surface area (Å²) in [7, 11) is 0. The van der Waals surface area contributed by atoms with Gasteiger partial charge in [-0.15, -0.1) is 0 Å². The second-order valence-electron chi connectivity index (χ2n) is 12.7. The topological polar surface area (TPSA) is 118 Å². The van der Waals surface area contributed by atoms with E-state index in [1.807, 2.05) is 6.08 Å². The molecule has 2 unspecified atom stereocenters. The molecule has 0 saturated carbocycles. The smallest absolute Gasteiger partial charge is 0.318 e. The zero-order valence-corrected chi connectivity index (χ0v) is 23.0. The zero-order valence-electron chi connectivity index (χ0n) is 23.0. The molecule has 9 nitrogen and oxygen atoms in total. The lowest BCUT2D eigenvalue weighted by molar-refractivity contribution is -0.111. The second-order valence-corrected chi connectivity index (χ2v) is 12.7. The summed E-state index contributed by atoms with van der Waals surface area (Å²) in [5, 5.41) is 10.1. The van der Waals surface area contributed by atoms with Crippen LogP contribution in [0.4, 0.5) is 10.2 Å². The van der Waals surface area contributed by atoms with Crippen molar-refractivity contribution in [3.05, 3.63) is 34.6 Å². The molecule has 5 heterocycles. The number of ether oxygens (including phenoxy) is 2. The SMILES string of the molecule is C[C@H]1CC[C@]2(Cc3nc(OC[C@@]45CCCN4C[C@H](F)C5)nc(N4CC(C=O)C4)c3CO2)C2=C1C=CC(N)C2C#N. The maximum absolute atomic E-state index is 14.4. The molecule has 0 amide bonds. The Morgan fingerprint density at radius 2 is 2.17 bits per heavy atom. The quantitative estimate of drug-likeness (QED) is 0.554. The largest absolute Gasteiger partial charge is 0.461 e. The Morgan fingerprint density at radius 3 is 2.98 bits per heavy atom. The highest BCUT2D eigenvalue weighted by atomic mass is 19.1. The number of fused-ring (bicyclic) bond motifs is 3. The van der Waals surface area contributed by atoms with Crippen molar-refractivity contribution >= 4 is 12.1 Å². The van der Waals surface area contributed by atoms with E-state index in [9.17, 15) is 14.4 Å². The maximum atomic E-state index is 14.4. The summed E-state index contributed by atoms with van der Waals surface area (Å²) in [6.45, 7) is 5.43. The average molecular weight is 549 g/mol. The van der Waals surface area contributed by atoms with Crippen LogP contribution in [0.5, 0.6) is 6.01 Å². The number of hydrogen-bond donors (Lipinski definition) is 1. The fourth-order valence-electron chi connectivity index (χ4n) is 8.05. The van der Waals surface area contributed by atoms with Crippen LogP contribution in [0.15, 0.2) is 23.3 Å². The van der Waals surface area contributed by atoms with Crippen molar-refractivity contribution in [2.24, 2.45) is 23.5 Å². The zero-order chi connectivity index (χ0) is 27.6. The summed E-state index contributed by atoms with van der Waals surface area (Å²) < 4.78 is 27.4. The number of hydrogen-bond acceptors (Lipinski definition) is 9. The average Bonchev–Trinajstić information content (AvgIpc) is 3.44. The number of carbonyl (C=O) groups is 1. The first kappa shape index (κ1) is 26.1. The van der Waals surface area contributed by atoms with Crippen LogP contribution >= 0.6 is 0 Å². The third-order valence-corrected chi connectivity index (χ3v) is 10.3. The monoisotopic (exact) mass is 548 g/mol. The van der Waals surface area contributed by atoms with Gasteiger partial charge in [-0.25, -0.2) is 4.39 Å². The molecule has 6 aliphatic rings. The predicted molar refractivity (Wildman–Crippen MR) is 145 cm³/mol. The Kier molecular flexibility index (Phi) is 6.26. The van der Waals surface area contributed by atoms with Crippen LogP contribution < -0.4 is 15.4 Å². The number of nitriles is 1. The van der Waals surface area contributed by atoms with Gasteiger partial charge in [-0.2, -0.15) is 15.2 Å². The first-order valence-corrected chi connectivity index (χ1v) is 14.7. The van der Waals surface area contributed by atoms with Gasteiger partial charge in [0.2, 0.25) is 0 Å². The van der Waals surface area contributed by atoms with Crippen LogP contribution in [-0.4, -0.2) is 77.3 Å². The highest BCUT2D eigenvalue weighted by molar-refractivity contribution is 5.63. The Bertz CT molecular complexity index is 1320. The molecule has 212 valence electrons. The van der Waals surface area contributed by atoms with Gasteiger partial charge in [0.15, 0.2) is 0 Å². The van der Waals surface area contributed by atoms with Gasteiger partial charge < -0.3 is 24.9 Å². The summed E-state index contributed by atoms with van der Waals surface area (Å²) in [6.07, 6.45) is 8.86. The molecule has 1 spiro atoms. The van der Waals surface area contributed by atoms with Crippen LogP contribution in [0.3, 0.4) is 0 Å². The van der Waals surface area contributed by atoms with Crippen molar-refractivity contribution in [3.8, 4) is 12.1 Å². The van der Waals surface area contributed by atoms with Crippen LogP contribution in [-0.2, 0) is 22.6 Å². The molecule has 0 radical (unpaired) electrons. The molecule has 2 N–H and O–H groups in total. The van der Waals surface area contributed by atoms with Gasteiger partial charge in [-0.3, -0.25) is 4.90 Å². The fraction of sp³-hybridized carbons (Fsp3) is 0.667. The molecule has 0 bridgehead atoms. The van der Waals surface area contributed by atoms with E-state index in [2.05, 4.69) is 28.9 Å². The molecule has 40 heavy (non-hydrogen) atoms. The van der Waals surface area contributed by atoms with Gasteiger partial charge in [0.25, 0.3) is 0 Å². The number of halogens is 1. The molecular weight excluding hydrogens is 511 g/mol. The lowest BCUT2D eigenvalue weighted by Gasteiger charge is -2.48. The Morgan fingerprint density at radius 1 is 1.32 bits per heavy atom. The second kappa shape index (κ2) is 9.61. The Hall–Kier alpha value is -2.87. The van der Waals surface area contributed by atoms with E-state index in [4.69, 9.17) is 25.2 Å². The van der Waals surface area contributed by atoms with Gasteiger partial charge in [-0.1, -0.05) is 19.1 Å². The Labute approximate surface area is 234 Å². The number of alkyl halides is 1. The third-order valence-electron chi connectivity index (χ3n) is 10.3. The molecule has 2 aliphatic carbocycles. The number of nitrogens with two attached hydrogens (primary N) is 1. The summed E-state index contributed by atoms with van der Waals surface area (Å²) in [5.41, 5.74) is 9.38. The normalized spacial score (nSPS) is 37.1. The maximum Gasteiger partial charge on any atom is 0.318 e. The minimum atomic E-state index is -0.831. The van der Waals surface area contributed by atoms with Gasteiger partial charge in [0.1, 0.15) is 24.9 Å². The first-order valence-electron chi connectivity index (χ1n) is 14.7. The van der Waals surface area contributed by atoms with E-state index in [0.29, 0.717) is 57.6 Å². The number of anilines is 1. The van der Waals surface area contributed by atoms with E-state index in [0.717, 1.165) is 66.7 Å². The number of nitrogens with zero attached hydrogens (tertiary/aromatic N) is 5. The fourth-order valence-corrected chi connectivity index (χ4v) is 8.05. The van der Waals surface area contributed by atoms with Crippen LogP contribution in [0.25, 0.3) is 0 Å². The van der Waals surface area contributed by atoms with E-state index < -0.39 is 17.7 Å². The van der Waals surface area contributed by atoms with Crippen molar-refractivity contribution in [2.45, 2.75) is 75.4 Å². The van der Waals surface area contributed by atoms with E-state index in [1.165, 1.54) is 0 Å². The van der Waals surface area contributed by atoms with E-state index in [-0.39, 0.29) is 17.5 Å². The molecule has 7 rings (SSSR count).